The summed E-state index contributed by atoms with van der Waals surface area (Å²) < 4.78 is 1.94. The predicted octanol–water partition coefficient (Wildman–Crippen LogP) is 4.25. The SMILES string of the molecule is CCC(Sc1nnc(-c2ccc(Cl)cc2)n1-c1ccc(C)cc1)C(N)=O. The van der Waals surface area contributed by atoms with E-state index in [0.717, 1.165) is 16.8 Å². The van der Waals surface area contributed by atoms with Crippen LogP contribution in [0.5, 0.6) is 0 Å². The summed E-state index contributed by atoms with van der Waals surface area (Å²) >= 11 is 7.33. The van der Waals surface area contributed by atoms with Crippen LogP contribution >= 0.6 is 23.4 Å². The average molecular weight is 387 g/mol. The molecule has 0 fully saturated rings. The van der Waals surface area contributed by atoms with E-state index in [4.69, 9.17) is 17.3 Å². The van der Waals surface area contributed by atoms with Gasteiger partial charge in [0.1, 0.15) is 0 Å². The van der Waals surface area contributed by atoms with Crippen molar-refractivity contribution in [3.05, 3.63) is 59.1 Å². The number of carbonyl (C=O) groups excluding carboxylic acids is 1. The molecule has 0 aliphatic rings. The molecule has 1 aromatic heterocycles. The Morgan fingerprint density at radius 2 is 1.81 bits per heavy atom. The second-order valence-corrected chi connectivity index (χ2v) is 7.51. The number of thioether (sulfide) groups is 1. The van der Waals surface area contributed by atoms with E-state index in [1.165, 1.54) is 11.8 Å². The van der Waals surface area contributed by atoms with Gasteiger partial charge in [0.25, 0.3) is 0 Å². The van der Waals surface area contributed by atoms with Crippen molar-refractivity contribution in [3.63, 3.8) is 0 Å². The highest BCUT2D eigenvalue weighted by molar-refractivity contribution is 8.00. The van der Waals surface area contributed by atoms with Crippen LogP contribution in [0.2, 0.25) is 5.02 Å². The summed E-state index contributed by atoms with van der Waals surface area (Å²) in [5, 5.41) is 9.60. The number of primary amides is 1. The number of hydrogen-bond donors (Lipinski definition) is 1. The molecule has 1 unspecified atom stereocenters. The first-order valence-electron chi connectivity index (χ1n) is 8.24. The summed E-state index contributed by atoms with van der Waals surface area (Å²) in [6.07, 6.45) is 0.622. The third-order valence-electron chi connectivity index (χ3n) is 3.96. The Morgan fingerprint density at radius 1 is 1.15 bits per heavy atom. The van der Waals surface area contributed by atoms with Crippen LogP contribution < -0.4 is 5.73 Å². The molecular formula is C19H19ClN4OS. The quantitative estimate of drug-likeness (QED) is 0.642. The monoisotopic (exact) mass is 386 g/mol. The van der Waals surface area contributed by atoms with E-state index in [1.807, 2.05) is 66.9 Å². The molecule has 2 N–H and O–H groups in total. The lowest BCUT2D eigenvalue weighted by atomic mass is 10.2. The lowest BCUT2D eigenvalue weighted by molar-refractivity contribution is -0.117. The molecule has 134 valence electrons. The number of rotatable bonds is 6. The van der Waals surface area contributed by atoms with Crippen LogP contribution in [0.25, 0.3) is 17.1 Å². The zero-order chi connectivity index (χ0) is 18.7. The molecule has 2 aromatic carbocycles. The molecule has 0 aliphatic heterocycles. The van der Waals surface area contributed by atoms with Gasteiger partial charge in [-0.3, -0.25) is 9.36 Å². The van der Waals surface area contributed by atoms with Crippen molar-refractivity contribution in [2.75, 3.05) is 0 Å². The molecule has 3 rings (SSSR count). The fourth-order valence-corrected chi connectivity index (χ4v) is 3.58. The summed E-state index contributed by atoms with van der Waals surface area (Å²) in [4.78, 5) is 11.7. The highest BCUT2D eigenvalue weighted by atomic mass is 35.5. The molecule has 1 atom stereocenters. The number of nitrogens with zero attached hydrogens (tertiary/aromatic N) is 3. The number of amides is 1. The summed E-state index contributed by atoms with van der Waals surface area (Å²) in [6, 6.07) is 15.5. The lowest BCUT2D eigenvalue weighted by Gasteiger charge is -2.13. The van der Waals surface area contributed by atoms with Gasteiger partial charge in [0.05, 0.1) is 5.25 Å². The van der Waals surface area contributed by atoms with Gasteiger partial charge < -0.3 is 5.73 Å². The van der Waals surface area contributed by atoms with Gasteiger partial charge in [0.15, 0.2) is 11.0 Å². The third kappa shape index (κ3) is 3.92. The minimum absolute atomic E-state index is 0.357. The maximum Gasteiger partial charge on any atom is 0.231 e. The standard InChI is InChI=1S/C19H19ClN4OS/c1-3-16(17(21)25)26-19-23-22-18(13-6-8-14(20)9-7-13)24(19)15-10-4-12(2)5-11-15/h4-11,16H,3H2,1-2H3,(H2,21,25). The zero-order valence-electron chi connectivity index (χ0n) is 14.5. The lowest BCUT2D eigenvalue weighted by Crippen LogP contribution is -2.25. The first-order chi connectivity index (χ1) is 12.5. The van der Waals surface area contributed by atoms with E-state index < -0.39 is 0 Å². The average Bonchev–Trinajstić information content (AvgIpc) is 3.04. The first-order valence-corrected chi connectivity index (χ1v) is 9.49. The molecule has 0 bridgehead atoms. The molecule has 1 heterocycles. The fraction of sp³-hybridized carbons (Fsp3) is 0.211. The Morgan fingerprint density at radius 3 is 2.38 bits per heavy atom. The summed E-state index contributed by atoms with van der Waals surface area (Å²) in [5.74, 6) is 0.330. The van der Waals surface area contributed by atoms with Crippen molar-refractivity contribution < 1.29 is 4.79 Å². The van der Waals surface area contributed by atoms with Gasteiger partial charge in [-0.15, -0.1) is 10.2 Å². The Labute approximate surface area is 161 Å². The summed E-state index contributed by atoms with van der Waals surface area (Å²) in [6.45, 7) is 3.96. The van der Waals surface area contributed by atoms with Crippen LogP contribution in [-0.4, -0.2) is 25.9 Å². The number of nitrogens with two attached hydrogens (primary N) is 1. The van der Waals surface area contributed by atoms with Crippen LogP contribution in [0, 0.1) is 6.92 Å². The number of aryl methyl sites for hydroxylation is 1. The van der Waals surface area contributed by atoms with E-state index in [9.17, 15) is 4.79 Å². The Balaban J connectivity index is 2.11. The first kappa shape index (κ1) is 18.5. The minimum atomic E-state index is -0.360. The molecular weight excluding hydrogens is 368 g/mol. The maximum atomic E-state index is 11.7. The Kier molecular flexibility index (Phi) is 5.64. The van der Waals surface area contributed by atoms with E-state index in [-0.39, 0.29) is 11.2 Å². The molecule has 0 radical (unpaired) electrons. The number of aromatic nitrogens is 3. The summed E-state index contributed by atoms with van der Waals surface area (Å²) in [7, 11) is 0. The molecule has 7 heteroatoms. The van der Waals surface area contributed by atoms with Gasteiger partial charge >= 0.3 is 0 Å². The van der Waals surface area contributed by atoms with Crippen molar-refractivity contribution in [1.82, 2.24) is 14.8 Å². The molecule has 0 saturated heterocycles. The van der Waals surface area contributed by atoms with E-state index in [2.05, 4.69) is 10.2 Å². The number of hydrogen-bond acceptors (Lipinski definition) is 4. The predicted molar refractivity (Wildman–Crippen MR) is 106 cm³/mol. The van der Waals surface area contributed by atoms with E-state index in [0.29, 0.717) is 22.4 Å². The molecule has 0 spiro atoms. The maximum absolute atomic E-state index is 11.7. The largest absolute Gasteiger partial charge is 0.369 e. The second kappa shape index (κ2) is 7.93. The van der Waals surface area contributed by atoms with E-state index >= 15 is 0 Å². The molecule has 0 saturated carbocycles. The topological polar surface area (TPSA) is 73.8 Å². The van der Waals surface area contributed by atoms with Gasteiger partial charge in [-0.05, 0) is 49.7 Å². The van der Waals surface area contributed by atoms with Gasteiger partial charge in [-0.1, -0.05) is 48.0 Å². The van der Waals surface area contributed by atoms with Crippen LogP contribution in [0.1, 0.15) is 18.9 Å². The minimum Gasteiger partial charge on any atom is -0.369 e. The van der Waals surface area contributed by atoms with Crippen LogP contribution in [0.4, 0.5) is 0 Å². The Hall–Kier alpha value is -2.31. The van der Waals surface area contributed by atoms with Gasteiger partial charge in [0.2, 0.25) is 5.91 Å². The van der Waals surface area contributed by atoms with E-state index in [1.54, 1.807) is 0 Å². The second-order valence-electron chi connectivity index (χ2n) is 5.90. The van der Waals surface area contributed by atoms with Crippen molar-refractivity contribution in [3.8, 4) is 17.1 Å². The molecule has 5 nitrogen and oxygen atoms in total. The Bertz CT molecular complexity index is 906. The van der Waals surface area contributed by atoms with Gasteiger partial charge in [-0.25, -0.2) is 0 Å². The van der Waals surface area contributed by atoms with Crippen molar-refractivity contribution in [1.29, 1.82) is 0 Å². The highest BCUT2D eigenvalue weighted by Gasteiger charge is 2.22. The van der Waals surface area contributed by atoms with Crippen LogP contribution in [0.15, 0.2) is 53.7 Å². The number of benzene rings is 2. The fourth-order valence-electron chi connectivity index (χ4n) is 2.53. The van der Waals surface area contributed by atoms with Crippen molar-refractivity contribution in [2.45, 2.75) is 30.7 Å². The highest BCUT2D eigenvalue weighted by Crippen LogP contribution is 2.31. The van der Waals surface area contributed by atoms with Gasteiger partial charge in [0, 0.05) is 16.3 Å². The van der Waals surface area contributed by atoms with Crippen molar-refractivity contribution >= 4 is 29.3 Å². The third-order valence-corrected chi connectivity index (χ3v) is 5.54. The number of halogens is 1. The van der Waals surface area contributed by atoms with Crippen LogP contribution in [0.3, 0.4) is 0 Å². The van der Waals surface area contributed by atoms with Gasteiger partial charge in [-0.2, -0.15) is 0 Å². The number of carbonyl (C=O) groups is 1. The molecule has 1 amide bonds. The molecule has 0 aliphatic carbocycles. The molecule has 26 heavy (non-hydrogen) atoms. The molecule has 3 aromatic rings. The van der Waals surface area contributed by atoms with Crippen LogP contribution in [-0.2, 0) is 4.79 Å². The smallest absolute Gasteiger partial charge is 0.231 e. The zero-order valence-corrected chi connectivity index (χ0v) is 16.1. The van der Waals surface area contributed by atoms with Crippen molar-refractivity contribution in [2.24, 2.45) is 5.73 Å². The normalized spacial score (nSPS) is 12.1. The summed E-state index contributed by atoms with van der Waals surface area (Å²) in [5.41, 5.74) is 8.48.